The number of nitrogens with two attached hydrogens (primary N) is 1. The number of unbranched alkanes of at least 4 members (excludes halogenated alkanes) is 1. The quantitative estimate of drug-likeness (QED) is 0.749. The van der Waals surface area contributed by atoms with Crippen LogP contribution in [0.3, 0.4) is 0 Å². The summed E-state index contributed by atoms with van der Waals surface area (Å²) in [5, 5.41) is 4.04. The van der Waals surface area contributed by atoms with E-state index >= 15 is 0 Å². The molecule has 1 rings (SSSR count). The summed E-state index contributed by atoms with van der Waals surface area (Å²) in [4.78, 5) is 1.18. The zero-order valence-corrected chi connectivity index (χ0v) is 10.5. The van der Waals surface area contributed by atoms with E-state index in [9.17, 15) is 8.78 Å². The zero-order valence-electron chi connectivity index (χ0n) is 10.5. The second-order valence-corrected chi connectivity index (χ2v) is 4.47. The first-order chi connectivity index (χ1) is 7.98. The van der Waals surface area contributed by atoms with E-state index in [4.69, 9.17) is 5.84 Å². The Kier molecular flexibility index (Phi) is 4.90. The van der Waals surface area contributed by atoms with Crippen molar-refractivity contribution in [3.8, 4) is 0 Å². The van der Waals surface area contributed by atoms with Crippen LogP contribution in [0.25, 0.3) is 0 Å². The maximum atomic E-state index is 13.5. The van der Waals surface area contributed by atoms with Gasteiger partial charge in [0.1, 0.15) is 0 Å². The van der Waals surface area contributed by atoms with Gasteiger partial charge >= 0.3 is 0 Å². The third kappa shape index (κ3) is 4.32. The number of alkyl halides is 2. The fourth-order valence-corrected chi connectivity index (χ4v) is 1.88. The molecule has 1 heterocycles. The van der Waals surface area contributed by atoms with Gasteiger partial charge in [0.15, 0.2) is 0 Å². The smallest absolute Gasteiger partial charge is 0.248 e. The van der Waals surface area contributed by atoms with Crippen molar-refractivity contribution in [3.05, 3.63) is 18.0 Å². The minimum atomic E-state index is -2.61. The number of rotatable bonds is 7. The predicted octanol–water partition coefficient (Wildman–Crippen LogP) is 3.31. The van der Waals surface area contributed by atoms with Crippen LogP contribution in [0.1, 0.15) is 57.6 Å². The predicted molar refractivity (Wildman–Crippen MR) is 64.5 cm³/mol. The minimum Gasteiger partial charge on any atom is -0.323 e. The van der Waals surface area contributed by atoms with Gasteiger partial charge in [0.2, 0.25) is 5.92 Å². The van der Waals surface area contributed by atoms with Gasteiger partial charge in [-0.25, -0.2) is 8.78 Å². The molecule has 1 unspecified atom stereocenters. The van der Waals surface area contributed by atoms with Crippen molar-refractivity contribution in [3.63, 3.8) is 0 Å². The number of aromatic nitrogens is 2. The largest absolute Gasteiger partial charge is 0.323 e. The Hall–Kier alpha value is -1.13. The van der Waals surface area contributed by atoms with E-state index in [1.165, 1.54) is 11.7 Å². The molecule has 0 amide bonds. The Morgan fingerprint density at radius 2 is 2.18 bits per heavy atom. The molecule has 1 atom stereocenters. The van der Waals surface area contributed by atoms with Crippen molar-refractivity contribution in [1.82, 2.24) is 9.89 Å². The monoisotopic (exact) mass is 245 g/mol. The van der Waals surface area contributed by atoms with Crippen LogP contribution < -0.4 is 5.84 Å². The average Bonchev–Trinajstić information content (AvgIpc) is 2.71. The molecule has 0 saturated carbocycles. The van der Waals surface area contributed by atoms with Crippen molar-refractivity contribution in [2.24, 2.45) is 0 Å². The van der Waals surface area contributed by atoms with E-state index in [2.05, 4.69) is 12.0 Å². The maximum absolute atomic E-state index is 13.5. The lowest BCUT2D eigenvalue weighted by Gasteiger charge is -2.21. The molecule has 0 bridgehead atoms. The summed E-state index contributed by atoms with van der Waals surface area (Å²) < 4.78 is 26.9. The molecule has 0 aliphatic carbocycles. The second kappa shape index (κ2) is 5.98. The summed E-state index contributed by atoms with van der Waals surface area (Å²) in [6, 6.07) is 1.73. The summed E-state index contributed by atoms with van der Waals surface area (Å²) in [7, 11) is 0. The lowest BCUT2D eigenvalue weighted by atomic mass is 9.91. The van der Waals surface area contributed by atoms with Gasteiger partial charge < -0.3 is 5.84 Å². The summed E-state index contributed by atoms with van der Waals surface area (Å²) in [5.41, 5.74) is 0.675. The third-order valence-electron chi connectivity index (χ3n) is 3.02. The van der Waals surface area contributed by atoms with Gasteiger partial charge in [-0.1, -0.05) is 26.7 Å². The highest BCUT2D eigenvalue weighted by atomic mass is 19.3. The average molecular weight is 245 g/mol. The number of halogens is 2. The molecular weight excluding hydrogens is 224 g/mol. The molecule has 1 aromatic heterocycles. The van der Waals surface area contributed by atoms with Gasteiger partial charge in [0.25, 0.3) is 0 Å². The number of hydrogen-bond acceptors (Lipinski definition) is 2. The van der Waals surface area contributed by atoms with Gasteiger partial charge in [-0.05, 0) is 12.5 Å². The van der Waals surface area contributed by atoms with Gasteiger partial charge in [-0.15, -0.1) is 0 Å². The molecule has 1 aromatic rings. The van der Waals surface area contributed by atoms with Crippen LogP contribution in [-0.4, -0.2) is 15.8 Å². The highest BCUT2D eigenvalue weighted by molar-refractivity contribution is 5.07. The molecule has 98 valence electrons. The fraction of sp³-hybridized carbons (Fsp3) is 0.750. The number of nitrogens with zero attached hydrogens (tertiary/aromatic N) is 2. The van der Waals surface area contributed by atoms with Crippen LogP contribution in [0, 0.1) is 0 Å². The second-order valence-electron chi connectivity index (χ2n) is 4.47. The molecule has 17 heavy (non-hydrogen) atoms. The summed E-state index contributed by atoms with van der Waals surface area (Å²) in [6.07, 6.45) is 4.00. The normalized spacial score (nSPS) is 13.9. The lowest BCUT2D eigenvalue weighted by molar-refractivity contribution is -0.0193. The van der Waals surface area contributed by atoms with Gasteiger partial charge in [0.05, 0.1) is 5.69 Å². The highest BCUT2D eigenvalue weighted by Gasteiger charge is 2.31. The Morgan fingerprint density at radius 1 is 1.47 bits per heavy atom. The lowest BCUT2D eigenvalue weighted by Crippen LogP contribution is -2.20. The maximum Gasteiger partial charge on any atom is 0.248 e. The summed E-state index contributed by atoms with van der Waals surface area (Å²) in [6.45, 7) is 3.56. The Morgan fingerprint density at radius 3 is 2.65 bits per heavy atom. The van der Waals surface area contributed by atoms with Gasteiger partial charge in [0, 0.05) is 25.0 Å². The number of hydrogen-bond donors (Lipinski definition) is 1. The minimum absolute atomic E-state index is 0.126. The van der Waals surface area contributed by atoms with E-state index in [-0.39, 0.29) is 18.8 Å². The van der Waals surface area contributed by atoms with Crippen LogP contribution >= 0.6 is 0 Å². The molecule has 0 spiro atoms. The molecule has 0 aromatic carbocycles. The van der Waals surface area contributed by atoms with Crippen LogP contribution in [0.5, 0.6) is 0 Å². The van der Waals surface area contributed by atoms with Gasteiger partial charge in [-0.2, -0.15) is 9.89 Å². The van der Waals surface area contributed by atoms with Crippen LogP contribution in [-0.2, 0) is 0 Å². The van der Waals surface area contributed by atoms with E-state index in [1.807, 2.05) is 0 Å². The molecule has 0 aliphatic heterocycles. The first kappa shape index (κ1) is 13.9. The van der Waals surface area contributed by atoms with E-state index in [0.717, 1.165) is 19.3 Å². The molecule has 5 heteroatoms. The van der Waals surface area contributed by atoms with Crippen LogP contribution in [0.4, 0.5) is 8.78 Å². The number of nitrogen functional groups attached to an aromatic ring is 1. The summed E-state index contributed by atoms with van der Waals surface area (Å²) in [5.74, 6) is 2.65. The third-order valence-corrected chi connectivity index (χ3v) is 3.02. The first-order valence-electron chi connectivity index (χ1n) is 6.17. The highest BCUT2D eigenvalue weighted by Crippen LogP contribution is 2.34. The van der Waals surface area contributed by atoms with Crippen molar-refractivity contribution < 1.29 is 8.78 Å². The van der Waals surface area contributed by atoms with E-state index in [1.54, 1.807) is 12.3 Å². The van der Waals surface area contributed by atoms with Crippen molar-refractivity contribution in [2.75, 3.05) is 5.84 Å². The van der Waals surface area contributed by atoms with Gasteiger partial charge in [-0.3, -0.25) is 0 Å². The Balaban J connectivity index is 2.73. The zero-order chi connectivity index (χ0) is 12.9. The van der Waals surface area contributed by atoms with Crippen molar-refractivity contribution in [1.29, 1.82) is 0 Å². The molecular formula is C12H21F2N3. The molecule has 3 nitrogen and oxygen atoms in total. The van der Waals surface area contributed by atoms with E-state index in [0.29, 0.717) is 5.69 Å². The Bertz CT molecular complexity index is 336. The Labute approximate surface area is 101 Å². The summed E-state index contributed by atoms with van der Waals surface area (Å²) >= 11 is 0. The molecule has 0 fully saturated rings. The van der Waals surface area contributed by atoms with Crippen LogP contribution in [0.2, 0.25) is 0 Å². The molecule has 2 N–H and O–H groups in total. The van der Waals surface area contributed by atoms with Crippen molar-refractivity contribution >= 4 is 0 Å². The molecule has 0 radical (unpaired) electrons. The SMILES string of the molecule is CCCCC(CC(F)(F)CC)c1ccn(N)n1. The van der Waals surface area contributed by atoms with Crippen LogP contribution in [0.15, 0.2) is 12.3 Å². The van der Waals surface area contributed by atoms with Crippen molar-refractivity contribution in [2.45, 2.75) is 57.8 Å². The first-order valence-corrected chi connectivity index (χ1v) is 6.17. The fourth-order valence-electron chi connectivity index (χ4n) is 1.88. The van der Waals surface area contributed by atoms with E-state index < -0.39 is 5.92 Å². The standard InChI is InChI=1S/C12H21F2N3/c1-3-5-6-10(9-12(13,14)4-2)11-7-8-17(15)16-11/h7-8,10H,3-6,9,15H2,1-2H3. The topological polar surface area (TPSA) is 43.8 Å². The molecule has 0 saturated heterocycles. The molecule has 0 aliphatic rings.